The summed E-state index contributed by atoms with van der Waals surface area (Å²) in [5, 5.41) is 1.22. The first-order valence-electron chi connectivity index (χ1n) is 7.60. The van der Waals surface area contributed by atoms with Crippen LogP contribution in [-0.2, 0) is 4.74 Å². The van der Waals surface area contributed by atoms with E-state index < -0.39 is 0 Å². The average Bonchev–Trinajstić information content (AvgIpc) is 2.92. The maximum atomic E-state index is 5.65. The summed E-state index contributed by atoms with van der Waals surface area (Å²) in [6.45, 7) is 6.89. The number of hydrogen-bond donors (Lipinski definition) is 0. The summed E-state index contributed by atoms with van der Waals surface area (Å²) in [4.78, 5) is 7.29. The van der Waals surface area contributed by atoms with E-state index in [0.29, 0.717) is 6.04 Å². The van der Waals surface area contributed by atoms with Crippen LogP contribution in [0.5, 0.6) is 0 Å². The first kappa shape index (κ1) is 15.0. The third-order valence-corrected chi connectivity index (χ3v) is 4.82. The van der Waals surface area contributed by atoms with E-state index in [-0.39, 0.29) is 0 Å². The molecule has 0 saturated carbocycles. The maximum Gasteiger partial charge on any atom is 0.0717 e. The molecule has 3 rings (SSSR count). The van der Waals surface area contributed by atoms with Crippen molar-refractivity contribution in [3.8, 4) is 0 Å². The quantitative estimate of drug-likeness (QED) is 0.726. The van der Waals surface area contributed by atoms with Gasteiger partial charge in [-0.15, -0.1) is 0 Å². The lowest BCUT2D eigenvalue weighted by molar-refractivity contribution is 0.134. The standard InChI is InChI=1S/C17H21IN2O/c1-3-21-11-15-5-4-8-20(15)17-9-13-6-7-14(18)10-16(13)19-12(17)2/h6-7,9-10,15H,3-5,8,11H2,1-2H3. The summed E-state index contributed by atoms with van der Waals surface area (Å²) in [7, 11) is 0. The van der Waals surface area contributed by atoms with Gasteiger partial charge in [-0.3, -0.25) is 4.98 Å². The molecule has 0 bridgehead atoms. The first-order chi connectivity index (χ1) is 10.2. The second-order valence-electron chi connectivity index (χ2n) is 5.58. The molecule has 112 valence electrons. The van der Waals surface area contributed by atoms with Gasteiger partial charge in [-0.25, -0.2) is 0 Å². The number of aromatic nitrogens is 1. The largest absolute Gasteiger partial charge is 0.380 e. The molecule has 1 aliphatic heterocycles. The number of fused-ring (bicyclic) bond motifs is 1. The second-order valence-corrected chi connectivity index (χ2v) is 6.82. The molecule has 0 radical (unpaired) electrons. The minimum Gasteiger partial charge on any atom is -0.380 e. The molecule has 1 aliphatic rings. The van der Waals surface area contributed by atoms with Crippen molar-refractivity contribution in [2.75, 3.05) is 24.7 Å². The molecule has 2 heterocycles. The lowest BCUT2D eigenvalue weighted by Crippen LogP contribution is -2.33. The van der Waals surface area contributed by atoms with E-state index in [1.165, 1.54) is 27.5 Å². The van der Waals surface area contributed by atoms with Gasteiger partial charge in [-0.2, -0.15) is 0 Å². The van der Waals surface area contributed by atoms with Gasteiger partial charge >= 0.3 is 0 Å². The SMILES string of the molecule is CCOCC1CCCN1c1cc2ccc(I)cc2nc1C. The zero-order chi connectivity index (χ0) is 14.8. The minimum atomic E-state index is 0.492. The highest BCUT2D eigenvalue weighted by atomic mass is 127. The van der Waals surface area contributed by atoms with Crippen molar-refractivity contribution in [2.24, 2.45) is 0 Å². The smallest absolute Gasteiger partial charge is 0.0717 e. The van der Waals surface area contributed by atoms with Gasteiger partial charge < -0.3 is 9.64 Å². The van der Waals surface area contributed by atoms with Crippen LogP contribution in [0.3, 0.4) is 0 Å². The molecule has 1 aromatic carbocycles. The molecule has 0 amide bonds. The van der Waals surface area contributed by atoms with Crippen molar-refractivity contribution in [3.63, 3.8) is 0 Å². The van der Waals surface area contributed by atoms with Gasteiger partial charge in [-0.1, -0.05) is 6.07 Å². The molecule has 3 nitrogen and oxygen atoms in total. The fraction of sp³-hybridized carbons (Fsp3) is 0.471. The summed E-state index contributed by atoms with van der Waals surface area (Å²) in [5.41, 5.74) is 3.47. The van der Waals surface area contributed by atoms with Crippen molar-refractivity contribution in [1.29, 1.82) is 0 Å². The summed E-state index contributed by atoms with van der Waals surface area (Å²) in [5.74, 6) is 0. The van der Waals surface area contributed by atoms with Gasteiger partial charge in [0.05, 0.1) is 29.5 Å². The highest BCUT2D eigenvalue weighted by molar-refractivity contribution is 14.1. The fourth-order valence-corrected chi connectivity index (χ4v) is 3.57. The van der Waals surface area contributed by atoms with Gasteiger partial charge in [0.1, 0.15) is 0 Å². The van der Waals surface area contributed by atoms with Crippen LogP contribution in [0, 0.1) is 10.5 Å². The zero-order valence-corrected chi connectivity index (χ0v) is 14.8. The van der Waals surface area contributed by atoms with Crippen LogP contribution in [0.15, 0.2) is 24.3 Å². The van der Waals surface area contributed by atoms with Gasteiger partial charge in [0.2, 0.25) is 0 Å². The number of pyridine rings is 1. The van der Waals surface area contributed by atoms with Crippen molar-refractivity contribution in [2.45, 2.75) is 32.7 Å². The molecular weight excluding hydrogens is 375 g/mol. The van der Waals surface area contributed by atoms with Gasteiger partial charge in [-0.05, 0) is 67.5 Å². The predicted molar refractivity (Wildman–Crippen MR) is 96.1 cm³/mol. The molecule has 1 atom stereocenters. The molecule has 1 fully saturated rings. The Morgan fingerprint density at radius 3 is 3.05 bits per heavy atom. The van der Waals surface area contributed by atoms with E-state index >= 15 is 0 Å². The van der Waals surface area contributed by atoms with Crippen LogP contribution in [-0.4, -0.2) is 30.8 Å². The monoisotopic (exact) mass is 396 g/mol. The van der Waals surface area contributed by atoms with Crippen LogP contribution in [0.4, 0.5) is 5.69 Å². The number of benzene rings is 1. The van der Waals surface area contributed by atoms with E-state index in [0.717, 1.165) is 31.0 Å². The van der Waals surface area contributed by atoms with Crippen molar-refractivity contribution >= 4 is 39.2 Å². The van der Waals surface area contributed by atoms with Crippen LogP contribution in [0.1, 0.15) is 25.5 Å². The van der Waals surface area contributed by atoms with Crippen LogP contribution in [0.2, 0.25) is 0 Å². The number of rotatable bonds is 4. The summed E-state index contributed by atoms with van der Waals surface area (Å²) >= 11 is 2.34. The molecule has 1 saturated heterocycles. The molecule has 0 aliphatic carbocycles. The van der Waals surface area contributed by atoms with Crippen LogP contribution < -0.4 is 4.90 Å². The fourth-order valence-electron chi connectivity index (χ4n) is 3.10. The molecular formula is C17H21IN2O. The lowest BCUT2D eigenvalue weighted by Gasteiger charge is -2.28. The Labute approximate surface area is 139 Å². The molecule has 0 N–H and O–H groups in total. The number of anilines is 1. The van der Waals surface area contributed by atoms with E-state index in [1.807, 2.05) is 0 Å². The van der Waals surface area contributed by atoms with Gasteiger partial charge in [0, 0.05) is 22.1 Å². The van der Waals surface area contributed by atoms with Crippen LogP contribution >= 0.6 is 22.6 Å². The second kappa shape index (κ2) is 6.48. The predicted octanol–water partition coefficient (Wildman–Crippen LogP) is 4.15. The summed E-state index contributed by atoms with van der Waals surface area (Å²) in [6, 6.07) is 9.24. The third kappa shape index (κ3) is 3.16. The van der Waals surface area contributed by atoms with Gasteiger partial charge in [0.15, 0.2) is 0 Å². The summed E-state index contributed by atoms with van der Waals surface area (Å²) < 4.78 is 6.88. The number of hydrogen-bond acceptors (Lipinski definition) is 3. The Hall–Kier alpha value is -0.880. The molecule has 0 spiro atoms. The van der Waals surface area contributed by atoms with E-state index in [4.69, 9.17) is 9.72 Å². The number of aryl methyl sites for hydroxylation is 1. The van der Waals surface area contributed by atoms with E-state index in [2.05, 4.69) is 65.6 Å². The normalized spacial score (nSPS) is 18.6. The Morgan fingerprint density at radius 1 is 1.38 bits per heavy atom. The molecule has 4 heteroatoms. The maximum absolute atomic E-state index is 5.65. The first-order valence-corrected chi connectivity index (χ1v) is 8.68. The molecule has 21 heavy (non-hydrogen) atoms. The van der Waals surface area contributed by atoms with E-state index in [9.17, 15) is 0 Å². The van der Waals surface area contributed by atoms with E-state index in [1.54, 1.807) is 0 Å². The highest BCUT2D eigenvalue weighted by Gasteiger charge is 2.26. The Bertz CT molecular complexity index is 644. The van der Waals surface area contributed by atoms with Crippen molar-refractivity contribution in [3.05, 3.63) is 33.5 Å². The third-order valence-electron chi connectivity index (χ3n) is 4.14. The Kier molecular flexibility index (Phi) is 4.64. The minimum absolute atomic E-state index is 0.492. The molecule has 1 aromatic heterocycles. The lowest BCUT2D eigenvalue weighted by atomic mass is 10.1. The molecule has 2 aromatic rings. The Morgan fingerprint density at radius 2 is 2.24 bits per heavy atom. The van der Waals surface area contributed by atoms with Crippen molar-refractivity contribution in [1.82, 2.24) is 4.98 Å². The molecule has 1 unspecified atom stereocenters. The number of ether oxygens (including phenoxy) is 1. The van der Waals surface area contributed by atoms with Crippen molar-refractivity contribution < 1.29 is 4.74 Å². The van der Waals surface area contributed by atoms with Gasteiger partial charge in [0.25, 0.3) is 0 Å². The number of halogens is 1. The number of nitrogens with zero attached hydrogens (tertiary/aromatic N) is 2. The summed E-state index contributed by atoms with van der Waals surface area (Å²) in [6.07, 6.45) is 2.45. The average molecular weight is 396 g/mol. The Balaban J connectivity index is 1.95. The zero-order valence-electron chi connectivity index (χ0n) is 12.6. The topological polar surface area (TPSA) is 25.4 Å². The highest BCUT2D eigenvalue weighted by Crippen LogP contribution is 2.30. The van der Waals surface area contributed by atoms with Crippen LogP contribution in [0.25, 0.3) is 10.9 Å².